The Morgan fingerprint density at radius 2 is 1.34 bits per heavy atom. The summed E-state index contributed by atoms with van der Waals surface area (Å²) in [5.74, 6) is -2.95. The predicted molar refractivity (Wildman–Crippen MR) is 128 cm³/mol. The van der Waals surface area contributed by atoms with Crippen LogP contribution >= 0.6 is 0 Å². The lowest BCUT2D eigenvalue weighted by Crippen LogP contribution is -2.61. The number of nitro groups is 1. The molecule has 0 aromatic heterocycles. The van der Waals surface area contributed by atoms with Gasteiger partial charge in [-0.15, -0.1) is 0 Å². The van der Waals surface area contributed by atoms with Crippen molar-refractivity contribution in [3.8, 4) is 0 Å². The highest BCUT2D eigenvalue weighted by molar-refractivity contribution is 6.26. The van der Waals surface area contributed by atoms with Gasteiger partial charge >= 0.3 is 0 Å². The van der Waals surface area contributed by atoms with Gasteiger partial charge in [0, 0.05) is 11.5 Å². The number of rotatable bonds is 3. The molecule has 174 valence electrons. The van der Waals surface area contributed by atoms with Crippen LogP contribution in [0.25, 0.3) is 0 Å². The van der Waals surface area contributed by atoms with Crippen molar-refractivity contribution in [3.63, 3.8) is 0 Å². The number of anilines is 1. The summed E-state index contributed by atoms with van der Waals surface area (Å²) in [5, 5.41) is 12.0. The zero-order valence-corrected chi connectivity index (χ0v) is 19.4. The molecule has 7 rings (SSSR count). The quantitative estimate of drug-likeness (QED) is 0.250. The lowest BCUT2D eigenvalue weighted by Gasteiger charge is -2.56. The van der Waals surface area contributed by atoms with E-state index < -0.39 is 39.4 Å². The molecule has 1 fully saturated rings. The number of nitrogens with zero attached hydrogens (tertiary/aromatic N) is 2. The molecule has 2 bridgehead atoms. The summed E-state index contributed by atoms with van der Waals surface area (Å²) >= 11 is 0. The molecule has 0 N–H and O–H groups in total. The molecule has 0 saturated carbocycles. The first-order chi connectivity index (χ1) is 16.7. The van der Waals surface area contributed by atoms with Gasteiger partial charge in [0.05, 0.1) is 22.2 Å². The maximum atomic E-state index is 14.2. The Balaban J connectivity index is 1.68. The number of hydrogen-bond acceptors (Lipinski definition) is 5. The zero-order chi connectivity index (χ0) is 24.9. The average molecular weight is 466 g/mol. The summed E-state index contributed by atoms with van der Waals surface area (Å²) in [5.41, 5.74) is 1.95. The average Bonchev–Trinajstić information content (AvgIpc) is 3.13. The molecule has 1 saturated heterocycles. The van der Waals surface area contributed by atoms with Crippen LogP contribution in [-0.4, -0.2) is 23.0 Å². The van der Waals surface area contributed by atoms with E-state index in [0.29, 0.717) is 5.56 Å². The van der Waals surface area contributed by atoms with E-state index in [1.807, 2.05) is 55.5 Å². The third-order valence-electron chi connectivity index (χ3n) is 8.50. The van der Waals surface area contributed by atoms with Crippen LogP contribution in [0.1, 0.15) is 40.3 Å². The van der Waals surface area contributed by atoms with Gasteiger partial charge in [0.25, 0.3) is 5.69 Å². The number of aldehydes is 1. The molecule has 3 aliphatic carbocycles. The molecular formula is C28H22N2O5. The van der Waals surface area contributed by atoms with E-state index in [0.717, 1.165) is 39.0 Å². The summed E-state index contributed by atoms with van der Waals surface area (Å²) < 4.78 is 0. The van der Waals surface area contributed by atoms with E-state index in [2.05, 4.69) is 0 Å². The van der Waals surface area contributed by atoms with Gasteiger partial charge in [-0.05, 0) is 53.3 Å². The molecule has 0 radical (unpaired) electrons. The van der Waals surface area contributed by atoms with Crippen molar-refractivity contribution in [2.45, 2.75) is 31.6 Å². The number of amides is 2. The van der Waals surface area contributed by atoms with E-state index in [4.69, 9.17) is 0 Å². The third kappa shape index (κ3) is 2.28. The van der Waals surface area contributed by atoms with Gasteiger partial charge in [-0.3, -0.25) is 19.7 Å². The minimum Gasteiger partial charge on any atom is -0.302 e. The highest BCUT2D eigenvalue weighted by atomic mass is 16.6. The first-order valence-corrected chi connectivity index (χ1v) is 11.5. The van der Waals surface area contributed by atoms with E-state index in [1.54, 1.807) is 13.8 Å². The fraction of sp³-hybridized carbons (Fsp3) is 0.250. The molecule has 35 heavy (non-hydrogen) atoms. The Morgan fingerprint density at radius 1 is 0.857 bits per heavy atom. The molecule has 2 amide bonds. The second kappa shape index (κ2) is 6.72. The second-order valence-electron chi connectivity index (χ2n) is 9.93. The Bertz CT molecular complexity index is 1460. The van der Waals surface area contributed by atoms with Gasteiger partial charge in [-0.2, -0.15) is 0 Å². The maximum Gasteiger partial charge on any atom is 0.293 e. The first-order valence-electron chi connectivity index (χ1n) is 11.5. The minimum absolute atomic E-state index is 0.0420. The van der Waals surface area contributed by atoms with Gasteiger partial charge in [0.15, 0.2) is 0 Å². The van der Waals surface area contributed by atoms with E-state index in [9.17, 15) is 24.5 Å². The van der Waals surface area contributed by atoms with Crippen molar-refractivity contribution in [2.24, 2.45) is 11.8 Å². The summed E-state index contributed by atoms with van der Waals surface area (Å²) in [6.07, 6.45) is 0.796. The molecule has 0 spiro atoms. The number of benzene rings is 3. The fourth-order valence-corrected chi connectivity index (χ4v) is 6.81. The van der Waals surface area contributed by atoms with Gasteiger partial charge in [-0.25, -0.2) is 4.90 Å². The SMILES string of the molecule is Cc1cc(N2C(=O)[C@@H]3[C@H](C2=O)C2(C)c4ccccc4C3(C=O)c3ccccc32)c([N+](=O)[O-])cc1C. The van der Waals surface area contributed by atoms with Gasteiger partial charge in [-0.1, -0.05) is 55.5 Å². The fourth-order valence-electron chi connectivity index (χ4n) is 6.81. The predicted octanol–water partition coefficient (Wildman–Crippen LogP) is 4.14. The number of carbonyl (C=O) groups excluding carboxylic acids is 3. The van der Waals surface area contributed by atoms with Crippen LogP contribution in [0.5, 0.6) is 0 Å². The number of carbonyl (C=O) groups is 3. The van der Waals surface area contributed by atoms with Crippen LogP contribution in [0.2, 0.25) is 0 Å². The molecule has 4 aliphatic rings. The van der Waals surface area contributed by atoms with Crippen molar-refractivity contribution in [2.75, 3.05) is 4.90 Å². The smallest absolute Gasteiger partial charge is 0.293 e. The number of imide groups is 1. The summed E-state index contributed by atoms with van der Waals surface area (Å²) in [4.78, 5) is 53.8. The van der Waals surface area contributed by atoms with Crippen molar-refractivity contribution < 1.29 is 19.3 Å². The van der Waals surface area contributed by atoms with Crippen LogP contribution in [0.3, 0.4) is 0 Å². The molecule has 2 atom stereocenters. The van der Waals surface area contributed by atoms with Crippen LogP contribution in [0.4, 0.5) is 11.4 Å². The summed E-state index contributed by atoms with van der Waals surface area (Å²) in [6, 6.07) is 17.9. The van der Waals surface area contributed by atoms with E-state index in [-0.39, 0.29) is 11.4 Å². The van der Waals surface area contributed by atoms with E-state index in [1.165, 1.54) is 12.1 Å². The topological polar surface area (TPSA) is 97.6 Å². The summed E-state index contributed by atoms with van der Waals surface area (Å²) in [6.45, 7) is 5.47. The molecule has 3 aromatic rings. The van der Waals surface area contributed by atoms with Gasteiger partial charge in [0.1, 0.15) is 12.0 Å². The van der Waals surface area contributed by atoms with Crippen LogP contribution in [-0.2, 0) is 25.2 Å². The standard InChI is InChI=1S/C28H22N2O5/c1-15-12-21(22(30(34)35)13-16(15)2)29-25(32)23-24(26(29)33)28(14-31)19-10-6-4-8-17(19)27(23,3)18-9-5-7-11-20(18)28/h4-14,23-24H,1-3H3/t23-,24+,27?,28?/m1/s1. The molecule has 7 heteroatoms. The second-order valence-corrected chi connectivity index (χ2v) is 9.93. The Kier molecular flexibility index (Phi) is 4.11. The van der Waals surface area contributed by atoms with Crippen molar-refractivity contribution in [1.29, 1.82) is 0 Å². The van der Waals surface area contributed by atoms with Crippen molar-refractivity contribution in [1.82, 2.24) is 0 Å². The Labute approximate surface area is 201 Å². The van der Waals surface area contributed by atoms with Crippen LogP contribution in [0.15, 0.2) is 60.7 Å². The molecule has 1 heterocycles. The maximum absolute atomic E-state index is 14.2. The first kappa shape index (κ1) is 21.4. The van der Waals surface area contributed by atoms with Crippen molar-refractivity contribution in [3.05, 3.63) is 104 Å². The van der Waals surface area contributed by atoms with Crippen LogP contribution in [0, 0.1) is 35.8 Å². The lowest BCUT2D eigenvalue weighted by atomic mass is 9.42. The number of nitro benzene ring substituents is 1. The highest BCUT2D eigenvalue weighted by Gasteiger charge is 2.72. The highest BCUT2D eigenvalue weighted by Crippen LogP contribution is 2.66. The molecule has 0 unspecified atom stereocenters. The summed E-state index contributed by atoms with van der Waals surface area (Å²) in [7, 11) is 0. The minimum atomic E-state index is -1.36. The monoisotopic (exact) mass is 466 g/mol. The Morgan fingerprint density at radius 3 is 1.86 bits per heavy atom. The largest absolute Gasteiger partial charge is 0.302 e. The zero-order valence-electron chi connectivity index (χ0n) is 19.4. The van der Waals surface area contributed by atoms with Crippen LogP contribution < -0.4 is 4.90 Å². The Hall–Kier alpha value is -4.13. The van der Waals surface area contributed by atoms with Crippen molar-refractivity contribution >= 4 is 29.5 Å². The molecule has 1 aliphatic heterocycles. The lowest BCUT2D eigenvalue weighted by molar-refractivity contribution is -0.384. The number of aryl methyl sites for hydroxylation is 2. The van der Waals surface area contributed by atoms with E-state index >= 15 is 0 Å². The van der Waals surface area contributed by atoms with Gasteiger partial charge < -0.3 is 4.79 Å². The molecule has 3 aromatic carbocycles. The normalized spacial score (nSPS) is 27.9. The number of hydrogen-bond donors (Lipinski definition) is 0. The molecule has 7 nitrogen and oxygen atoms in total. The van der Waals surface area contributed by atoms with Gasteiger partial charge in [0.2, 0.25) is 11.8 Å². The third-order valence-corrected chi connectivity index (χ3v) is 8.50. The molecular weight excluding hydrogens is 444 g/mol.